The van der Waals surface area contributed by atoms with Crippen LogP contribution in [0, 0.1) is 0 Å². The first-order chi connectivity index (χ1) is 7.69. The van der Waals surface area contributed by atoms with Crippen LogP contribution < -0.4 is 5.32 Å². The lowest BCUT2D eigenvalue weighted by Crippen LogP contribution is -2.49. The summed E-state index contributed by atoms with van der Waals surface area (Å²) in [4.78, 5) is 10.3. The highest BCUT2D eigenvalue weighted by Gasteiger charge is 2.28. The maximum Gasteiger partial charge on any atom is 0.204 e. The van der Waals surface area contributed by atoms with Crippen LogP contribution in [0.25, 0.3) is 0 Å². The number of rotatable bonds is 4. The zero-order valence-corrected chi connectivity index (χ0v) is 10.8. The Hall–Kier alpha value is -0.360. The van der Waals surface area contributed by atoms with Gasteiger partial charge >= 0.3 is 0 Å². The van der Waals surface area contributed by atoms with Crippen LogP contribution in [0.2, 0.25) is 0 Å². The molecule has 3 unspecified atom stereocenters. The first-order valence-corrected chi connectivity index (χ1v) is 5.88. The van der Waals surface area contributed by atoms with Crippen molar-refractivity contribution in [3.8, 4) is 0 Å². The normalized spacial score (nSPS) is 28.8. The van der Waals surface area contributed by atoms with Gasteiger partial charge in [-0.2, -0.15) is 0 Å². The average molecular weight is 247 g/mol. The van der Waals surface area contributed by atoms with Gasteiger partial charge in [0.2, 0.25) is 5.62 Å². The molecular formula is C11H21NO3S. The monoisotopic (exact) mass is 247 g/mol. The van der Waals surface area contributed by atoms with Gasteiger partial charge in [0.25, 0.3) is 0 Å². The predicted molar refractivity (Wildman–Crippen MR) is 67.6 cm³/mol. The SMILES string of the molecule is C=CCC.CNC1COC(S)OC1CC=O. The fourth-order valence-corrected chi connectivity index (χ4v) is 1.40. The van der Waals surface area contributed by atoms with Crippen molar-refractivity contribution in [1.29, 1.82) is 0 Å². The minimum atomic E-state index is -0.500. The van der Waals surface area contributed by atoms with Crippen LogP contribution in [0.5, 0.6) is 0 Å². The van der Waals surface area contributed by atoms with Gasteiger partial charge in [-0.15, -0.1) is 19.2 Å². The molecule has 1 N–H and O–H groups in total. The van der Waals surface area contributed by atoms with Crippen LogP contribution in [-0.2, 0) is 14.3 Å². The van der Waals surface area contributed by atoms with Gasteiger partial charge < -0.3 is 19.6 Å². The number of carbonyl (C=O) groups excluding carboxylic acids is 1. The minimum absolute atomic E-state index is 0.0820. The summed E-state index contributed by atoms with van der Waals surface area (Å²) in [7, 11) is 1.81. The molecule has 0 radical (unpaired) electrons. The number of hydrogen-bond donors (Lipinski definition) is 2. The van der Waals surface area contributed by atoms with Gasteiger partial charge in [-0.1, -0.05) is 13.0 Å². The van der Waals surface area contributed by atoms with Gasteiger partial charge in [-0.3, -0.25) is 0 Å². The number of aldehydes is 1. The number of allylic oxidation sites excluding steroid dienone is 1. The second-order valence-electron chi connectivity index (χ2n) is 3.31. The third-order valence-electron chi connectivity index (χ3n) is 2.15. The summed E-state index contributed by atoms with van der Waals surface area (Å²) < 4.78 is 10.4. The number of carbonyl (C=O) groups is 1. The summed E-state index contributed by atoms with van der Waals surface area (Å²) in [6, 6.07) is 0.0820. The van der Waals surface area contributed by atoms with Crippen molar-refractivity contribution in [2.75, 3.05) is 13.7 Å². The Morgan fingerprint density at radius 2 is 2.25 bits per heavy atom. The predicted octanol–water partition coefficient (Wildman–Crippen LogP) is 1.37. The number of ether oxygens (including phenoxy) is 2. The van der Waals surface area contributed by atoms with E-state index in [0.29, 0.717) is 13.0 Å². The van der Waals surface area contributed by atoms with E-state index in [-0.39, 0.29) is 12.1 Å². The van der Waals surface area contributed by atoms with Gasteiger partial charge in [0.05, 0.1) is 18.8 Å². The Balaban J connectivity index is 0.000000487. The van der Waals surface area contributed by atoms with E-state index in [1.807, 2.05) is 13.1 Å². The highest BCUT2D eigenvalue weighted by molar-refractivity contribution is 7.80. The van der Waals surface area contributed by atoms with E-state index >= 15 is 0 Å². The molecule has 0 spiro atoms. The van der Waals surface area contributed by atoms with Gasteiger partial charge in [-0.25, -0.2) is 0 Å². The molecule has 0 aliphatic carbocycles. The van der Waals surface area contributed by atoms with Crippen LogP contribution in [0.15, 0.2) is 12.7 Å². The molecular weight excluding hydrogens is 226 g/mol. The second kappa shape index (κ2) is 9.84. The van der Waals surface area contributed by atoms with Crippen molar-refractivity contribution in [3.63, 3.8) is 0 Å². The number of likely N-dealkylation sites (N-methyl/N-ethyl adjacent to an activating group) is 1. The third-order valence-corrected chi connectivity index (χ3v) is 2.42. The van der Waals surface area contributed by atoms with Crippen LogP contribution in [0.4, 0.5) is 0 Å². The maximum absolute atomic E-state index is 10.3. The highest BCUT2D eigenvalue weighted by Crippen LogP contribution is 2.16. The first-order valence-electron chi connectivity index (χ1n) is 5.36. The van der Waals surface area contributed by atoms with Crippen LogP contribution >= 0.6 is 12.6 Å². The zero-order chi connectivity index (χ0) is 12.4. The summed E-state index contributed by atoms with van der Waals surface area (Å²) in [5.41, 5.74) is -0.500. The van der Waals surface area contributed by atoms with Gasteiger partial charge in [-0.05, 0) is 13.5 Å². The maximum atomic E-state index is 10.3. The fourth-order valence-electron chi connectivity index (χ4n) is 1.16. The van der Waals surface area contributed by atoms with Crippen LogP contribution in [0.3, 0.4) is 0 Å². The minimum Gasteiger partial charge on any atom is -0.342 e. The summed E-state index contributed by atoms with van der Waals surface area (Å²) in [6.07, 6.45) is 4.07. The lowest BCUT2D eigenvalue weighted by molar-refractivity contribution is -0.176. The quantitative estimate of drug-likeness (QED) is 0.447. The molecule has 3 atom stereocenters. The molecule has 0 aromatic heterocycles. The van der Waals surface area contributed by atoms with E-state index in [9.17, 15) is 4.79 Å². The molecule has 0 aromatic rings. The molecule has 1 heterocycles. The van der Waals surface area contributed by atoms with Crippen molar-refractivity contribution in [1.82, 2.24) is 5.32 Å². The zero-order valence-electron chi connectivity index (χ0n) is 9.89. The molecule has 1 saturated heterocycles. The highest BCUT2D eigenvalue weighted by atomic mass is 32.1. The van der Waals surface area contributed by atoms with E-state index in [1.165, 1.54) is 0 Å². The molecule has 0 saturated carbocycles. The van der Waals surface area contributed by atoms with Crippen molar-refractivity contribution in [2.24, 2.45) is 0 Å². The molecule has 4 nitrogen and oxygen atoms in total. The number of nitrogens with one attached hydrogen (secondary N) is 1. The molecule has 0 aromatic carbocycles. The van der Waals surface area contributed by atoms with Crippen LogP contribution in [-0.4, -0.2) is 37.7 Å². The lowest BCUT2D eigenvalue weighted by Gasteiger charge is -2.33. The van der Waals surface area contributed by atoms with Gasteiger partial charge in [0, 0.05) is 6.42 Å². The molecule has 1 fully saturated rings. The largest absolute Gasteiger partial charge is 0.342 e. The fraction of sp³-hybridized carbons (Fsp3) is 0.727. The molecule has 1 aliphatic rings. The first kappa shape index (κ1) is 15.6. The molecule has 94 valence electrons. The summed E-state index contributed by atoms with van der Waals surface area (Å²) in [6.45, 7) is 6.07. The molecule has 1 aliphatic heterocycles. The van der Waals surface area contributed by atoms with Gasteiger partial charge in [0.15, 0.2) is 0 Å². The average Bonchev–Trinajstić information content (AvgIpc) is 2.30. The summed E-state index contributed by atoms with van der Waals surface area (Å²) >= 11 is 4.00. The Morgan fingerprint density at radius 3 is 2.69 bits per heavy atom. The van der Waals surface area contributed by atoms with Crippen molar-refractivity contribution in [3.05, 3.63) is 12.7 Å². The number of hydrogen-bond acceptors (Lipinski definition) is 5. The lowest BCUT2D eigenvalue weighted by atomic mass is 10.1. The Bertz CT molecular complexity index is 202. The van der Waals surface area contributed by atoms with Gasteiger partial charge in [0.1, 0.15) is 6.29 Å². The standard InChI is InChI=1S/C7H13NO3S.C4H8/c1-8-5-4-10-7(12)11-6(5)2-3-9;1-3-4-2/h3,5-8,12H,2,4H2,1H3;3H,1,4H2,2H3. The second-order valence-corrected chi connectivity index (χ2v) is 3.73. The van der Waals surface area contributed by atoms with E-state index in [1.54, 1.807) is 0 Å². The van der Waals surface area contributed by atoms with E-state index in [2.05, 4.69) is 31.4 Å². The van der Waals surface area contributed by atoms with Crippen molar-refractivity contribution in [2.45, 2.75) is 37.5 Å². The van der Waals surface area contributed by atoms with Crippen LogP contribution in [0.1, 0.15) is 19.8 Å². The third kappa shape index (κ3) is 6.27. The Kier molecular flexibility index (Phi) is 9.62. The Morgan fingerprint density at radius 1 is 1.62 bits per heavy atom. The number of thiol groups is 1. The van der Waals surface area contributed by atoms with Crippen molar-refractivity contribution < 1.29 is 14.3 Å². The molecule has 0 bridgehead atoms. The van der Waals surface area contributed by atoms with E-state index in [0.717, 1.165) is 12.7 Å². The summed E-state index contributed by atoms with van der Waals surface area (Å²) in [5, 5.41) is 3.02. The van der Waals surface area contributed by atoms with E-state index < -0.39 is 5.62 Å². The molecule has 5 heteroatoms. The topological polar surface area (TPSA) is 47.6 Å². The summed E-state index contributed by atoms with van der Waals surface area (Å²) in [5.74, 6) is 0. The molecule has 1 rings (SSSR count). The smallest absolute Gasteiger partial charge is 0.204 e. The Labute approximate surface area is 103 Å². The molecule has 0 amide bonds. The van der Waals surface area contributed by atoms with Crippen molar-refractivity contribution >= 4 is 18.9 Å². The van der Waals surface area contributed by atoms with E-state index in [4.69, 9.17) is 9.47 Å². The molecule has 16 heavy (non-hydrogen) atoms.